The first-order valence-corrected chi connectivity index (χ1v) is 9.33. The minimum atomic E-state index is -0.400. The summed E-state index contributed by atoms with van der Waals surface area (Å²) < 4.78 is 11.6. The van der Waals surface area contributed by atoms with Crippen LogP contribution < -0.4 is 4.90 Å². The molecule has 2 aromatic rings. The number of fused-ring (bicyclic) bond motifs is 4. The smallest absolute Gasteiger partial charge is 0.269 e. The number of anilines is 1. The molecule has 1 aromatic heterocycles. The highest BCUT2D eigenvalue weighted by atomic mass is 16.6. The third-order valence-corrected chi connectivity index (χ3v) is 5.51. The number of nitro benzene ring substituents is 1. The first-order chi connectivity index (χ1) is 13.2. The maximum atomic E-state index is 10.9. The molecule has 4 heterocycles. The van der Waals surface area contributed by atoms with Crippen molar-refractivity contribution in [1.82, 2.24) is 9.97 Å². The van der Waals surface area contributed by atoms with Crippen molar-refractivity contribution in [3.05, 3.63) is 45.6 Å². The molecule has 8 heteroatoms. The number of hydrogen-bond acceptors (Lipinski definition) is 7. The Morgan fingerprint density at radius 2 is 1.89 bits per heavy atom. The van der Waals surface area contributed by atoms with Crippen LogP contribution in [0.15, 0.2) is 24.3 Å². The fraction of sp³-hybridized carbons (Fsp3) is 0.474. The van der Waals surface area contributed by atoms with E-state index in [-0.39, 0.29) is 17.9 Å². The Morgan fingerprint density at radius 3 is 2.63 bits per heavy atom. The van der Waals surface area contributed by atoms with E-state index in [4.69, 9.17) is 19.4 Å². The zero-order valence-electron chi connectivity index (χ0n) is 14.8. The molecular weight excluding hydrogens is 348 g/mol. The largest absolute Gasteiger partial charge is 0.378 e. The summed E-state index contributed by atoms with van der Waals surface area (Å²) in [6.07, 6.45) is 3.17. The van der Waals surface area contributed by atoms with Crippen molar-refractivity contribution < 1.29 is 14.4 Å². The van der Waals surface area contributed by atoms with Crippen LogP contribution >= 0.6 is 0 Å². The van der Waals surface area contributed by atoms with E-state index in [1.807, 2.05) is 0 Å². The molecule has 2 unspecified atom stereocenters. The fourth-order valence-electron chi connectivity index (χ4n) is 4.13. The SMILES string of the molecule is O=[N+]([O-])c1ccc(-c2nc3c(c(N4CCOCC4)n2)CC2CCC3O2)cc1. The van der Waals surface area contributed by atoms with E-state index in [1.54, 1.807) is 12.1 Å². The summed E-state index contributed by atoms with van der Waals surface area (Å²) in [7, 11) is 0. The van der Waals surface area contributed by atoms with Crippen LogP contribution in [-0.2, 0) is 15.9 Å². The van der Waals surface area contributed by atoms with Crippen molar-refractivity contribution in [2.75, 3.05) is 31.2 Å². The van der Waals surface area contributed by atoms with Gasteiger partial charge in [0.05, 0.1) is 29.9 Å². The predicted octanol–water partition coefficient (Wildman–Crippen LogP) is 2.66. The number of nitrogens with zero attached hydrogens (tertiary/aromatic N) is 4. The number of aromatic nitrogens is 2. The van der Waals surface area contributed by atoms with Gasteiger partial charge < -0.3 is 14.4 Å². The summed E-state index contributed by atoms with van der Waals surface area (Å²) >= 11 is 0. The molecule has 5 rings (SSSR count). The second kappa shape index (κ2) is 6.54. The molecule has 0 N–H and O–H groups in total. The molecule has 2 fully saturated rings. The molecule has 0 saturated carbocycles. The summed E-state index contributed by atoms with van der Waals surface area (Å²) in [5.74, 6) is 1.57. The van der Waals surface area contributed by atoms with Crippen LogP contribution in [0.4, 0.5) is 11.5 Å². The second-order valence-corrected chi connectivity index (χ2v) is 7.17. The topological polar surface area (TPSA) is 90.6 Å². The summed E-state index contributed by atoms with van der Waals surface area (Å²) in [5.41, 5.74) is 3.01. The Labute approximate surface area is 156 Å². The number of benzene rings is 1. The van der Waals surface area contributed by atoms with Crippen molar-refractivity contribution in [3.63, 3.8) is 0 Å². The average molecular weight is 368 g/mol. The number of hydrogen-bond donors (Lipinski definition) is 0. The Morgan fingerprint density at radius 1 is 1.11 bits per heavy atom. The van der Waals surface area contributed by atoms with Gasteiger partial charge in [0, 0.05) is 42.8 Å². The molecule has 0 radical (unpaired) electrons. The van der Waals surface area contributed by atoms with E-state index in [9.17, 15) is 10.1 Å². The average Bonchev–Trinajstić information content (AvgIpc) is 3.10. The molecule has 0 aliphatic carbocycles. The van der Waals surface area contributed by atoms with Gasteiger partial charge >= 0.3 is 0 Å². The maximum Gasteiger partial charge on any atom is 0.269 e. The lowest BCUT2D eigenvalue weighted by Crippen LogP contribution is -2.38. The van der Waals surface area contributed by atoms with Crippen LogP contribution in [0.25, 0.3) is 11.4 Å². The van der Waals surface area contributed by atoms with Gasteiger partial charge in [-0.3, -0.25) is 10.1 Å². The van der Waals surface area contributed by atoms with Crippen molar-refractivity contribution in [2.45, 2.75) is 31.5 Å². The first-order valence-electron chi connectivity index (χ1n) is 9.33. The van der Waals surface area contributed by atoms with E-state index in [0.29, 0.717) is 19.0 Å². The van der Waals surface area contributed by atoms with Crippen molar-refractivity contribution in [1.29, 1.82) is 0 Å². The van der Waals surface area contributed by atoms with Gasteiger partial charge in [-0.15, -0.1) is 0 Å². The molecule has 27 heavy (non-hydrogen) atoms. The molecule has 0 spiro atoms. The summed E-state index contributed by atoms with van der Waals surface area (Å²) in [6.45, 7) is 2.99. The lowest BCUT2D eigenvalue weighted by atomic mass is 10.0. The van der Waals surface area contributed by atoms with Crippen LogP contribution in [0, 0.1) is 10.1 Å². The molecule has 2 bridgehead atoms. The van der Waals surface area contributed by atoms with Crippen LogP contribution in [-0.4, -0.2) is 47.3 Å². The number of rotatable bonds is 3. The van der Waals surface area contributed by atoms with Gasteiger partial charge in [0.25, 0.3) is 5.69 Å². The quantitative estimate of drug-likeness (QED) is 0.607. The standard InChI is InChI=1S/C19H20N4O4/c24-23(25)13-3-1-12(2-4-13)18-20-17-15(11-14-5-6-16(17)27-14)19(21-18)22-7-9-26-10-8-22/h1-4,14,16H,5-11H2. The van der Waals surface area contributed by atoms with Gasteiger partial charge in [-0.05, 0) is 25.0 Å². The third-order valence-electron chi connectivity index (χ3n) is 5.51. The van der Waals surface area contributed by atoms with E-state index >= 15 is 0 Å². The highest BCUT2D eigenvalue weighted by Crippen LogP contribution is 2.43. The van der Waals surface area contributed by atoms with E-state index in [0.717, 1.165) is 49.4 Å². The van der Waals surface area contributed by atoms with Gasteiger partial charge in [0.15, 0.2) is 5.82 Å². The fourth-order valence-corrected chi connectivity index (χ4v) is 4.13. The highest BCUT2D eigenvalue weighted by Gasteiger charge is 2.38. The van der Waals surface area contributed by atoms with E-state index < -0.39 is 4.92 Å². The highest BCUT2D eigenvalue weighted by molar-refractivity contribution is 5.63. The Bertz CT molecular complexity index is 880. The van der Waals surface area contributed by atoms with E-state index in [1.165, 1.54) is 17.7 Å². The molecular formula is C19H20N4O4. The summed E-state index contributed by atoms with van der Waals surface area (Å²) in [4.78, 5) is 22.5. The molecule has 0 amide bonds. The number of ether oxygens (including phenoxy) is 2. The van der Waals surface area contributed by atoms with E-state index in [2.05, 4.69) is 4.90 Å². The lowest BCUT2D eigenvalue weighted by Gasteiger charge is -2.33. The number of nitro groups is 1. The third kappa shape index (κ3) is 2.94. The van der Waals surface area contributed by atoms with Crippen LogP contribution in [0.3, 0.4) is 0 Å². The van der Waals surface area contributed by atoms with Gasteiger partial charge in [0.2, 0.25) is 0 Å². The minimum Gasteiger partial charge on any atom is -0.378 e. The van der Waals surface area contributed by atoms with Crippen LogP contribution in [0.5, 0.6) is 0 Å². The van der Waals surface area contributed by atoms with Crippen LogP contribution in [0.2, 0.25) is 0 Å². The van der Waals surface area contributed by atoms with Gasteiger partial charge in [-0.25, -0.2) is 9.97 Å². The van der Waals surface area contributed by atoms with Crippen molar-refractivity contribution in [3.8, 4) is 11.4 Å². The monoisotopic (exact) mass is 368 g/mol. The molecule has 2 saturated heterocycles. The zero-order chi connectivity index (χ0) is 18.4. The molecule has 140 valence electrons. The Hall–Kier alpha value is -2.58. The normalized spacial score (nSPS) is 23.9. The van der Waals surface area contributed by atoms with Crippen molar-refractivity contribution in [2.24, 2.45) is 0 Å². The van der Waals surface area contributed by atoms with Gasteiger partial charge in [-0.2, -0.15) is 0 Å². The summed E-state index contributed by atoms with van der Waals surface area (Å²) in [5, 5.41) is 10.9. The molecule has 2 atom stereocenters. The summed E-state index contributed by atoms with van der Waals surface area (Å²) in [6, 6.07) is 6.41. The Kier molecular flexibility index (Phi) is 4.02. The zero-order valence-corrected chi connectivity index (χ0v) is 14.8. The van der Waals surface area contributed by atoms with Gasteiger partial charge in [0.1, 0.15) is 11.9 Å². The number of non-ortho nitro benzene ring substituents is 1. The first kappa shape index (κ1) is 16.6. The molecule has 3 aliphatic rings. The van der Waals surface area contributed by atoms with Crippen LogP contribution in [0.1, 0.15) is 30.2 Å². The molecule has 3 aliphatic heterocycles. The molecule has 1 aromatic carbocycles. The predicted molar refractivity (Wildman–Crippen MR) is 97.7 cm³/mol. The molecule has 8 nitrogen and oxygen atoms in total. The maximum absolute atomic E-state index is 10.9. The number of morpholine rings is 1. The second-order valence-electron chi connectivity index (χ2n) is 7.17. The van der Waals surface area contributed by atoms with Crippen molar-refractivity contribution >= 4 is 11.5 Å². The minimum absolute atomic E-state index is 0.0262. The lowest BCUT2D eigenvalue weighted by molar-refractivity contribution is -0.384. The van der Waals surface area contributed by atoms with Gasteiger partial charge in [-0.1, -0.05) is 0 Å². The Balaban J connectivity index is 1.60.